The van der Waals surface area contributed by atoms with Crippen molar-refractivity contribution >= 4 is 15.6 Å². The summed E-state index contributed by atoms with van der Waals surface area (Å²) < 4.78 is 49.6. The van der Waals surface area contributed by atoms with E-state index in [9.17, 15) is 38.7 Å². The molecule has 2 aliphatic rings. The predicted molar refractivity (Wildman–Crippen MR) is 111 cm³/mol. The summed E-state index contributed by atoms with van der Waals surface area (Å²) in [5, 5.41) is 19.9. The van der Waals surface area contributed by atoms with E-state index in [4.69, 9.17) is 19.7 Å². The molecule has 1 aromatic heterocycles. The molecule has 0 radical (unpaired) electrons. The minimum atomic E-state index is -5.20. The monoisotopic (exact) mass is 531 g/mol. The van der Waals surface area contributed by atoms with Crippen molar-refractivity contribution in [2.75, 3.05) is 6.61 Å². The zero-order chi connectivity index (χ0) is 25.4. The van der Waals surface area contributed by atoms with E-state index in [1.54, 1.807) is 0 Å². The van der Waals surface area contributed by atoms with Crippen LogP contribution in [0.5, 0.6) is 0 Å². The molecule has 9 atom stereocenters. The highest BCUT2D eigenvalue weighted by Crippen LogP contribution is 2.61. The number of nitrogens with zero attached hydrogens (tertiary/aromatic N) is 1. The lowest BCUT2D eigenvalue weighted by Crippen LogP contribution is -2.51. The lowest BCUT2D eigenvalue weighted by Gasteiger charge is -2.36. The van der Waals surface area contributed by atoms with E-state index in [1.807, 2.05) is 0 Å². The number of aliphatic hydroxyl groups excluding tert-OH is 2. The third-order valence-electron chi connectivity index (χ3n) is 5.27. The smallest absolute Gasteiger partial charge is 0.390 e. The van der Waals surface area contributed by atoms with Crippen LogP contribution in [0, 0.1) is 6.92 Å². The number of phosphoric ester groups is 2. The fraction of sp³-hybridized carbons (Fsp3) is 0.750. The summed E-state index contributed by atoms with van der Waals surface area (Å²) in [5.74, 6) is 0. The molecule has 7 N–H and O–H groups in total. The Bertz CT molecular complexity index is 1080. The summed E-state index contributed by atoms with van der Waals surface area (Å²) in [6.07, 6.45) is -5.81. The fourth-order valence-electron chi connectivity index (χ4n) is 3.48. The fourth-order valence-corrected chi connectivity index (χ4v) is 5.63. The van der Waals surface area contributed by atoms with Gasteiger partial charge in [-0.3, -0.25) is 23.4 Å². The van der Waals surface area contributed by atoms with Gasteiger partial charge in [0.2, 0.25) is 0 Å². The van der Waals surface area contributed by atoms with E-state index in [1.165, 1.54) is 20.0 Å². The molecule has 0 amide bonds. The zero-order valence-electron chi connectivity index (χ0n) is 18.1. The maximum atomic E-state index is 12.2. The minimum absolute atomic E-state index is 0.110. The van der Waals surface area contributed by atoms with Crippen molar-refractivity contribution in [3.8, 4) is 0 Å². The quantitative estimate of drug-likeness (QED) is 0.211. The van der Waals surface area contributed by atoms with Gasteiger partial charge in [0, 0.05) is 30.6 Å². The molecule has 0 aliphatic carbocycles. The van der Waals surface area contributed by atoms with Crippen LogP contribution in [0.2, 0.25) is 0 Å². The molecular weight excluding hydrogens is 504 g/mol. The Kier molecular flexibility index (Phi) is 8.35. The van der Waals surface area contributed by atoms with E-state index in [-0.39, 0.29) is 18.4 Å². The zero-order valence-corrected chi connectivity index (χ0v) is 19.9. The number of nitrogens with one attached hydrogen (secondary N) is 1. The minimum Gasteiger partial charge on any atom is -0.390 e. The molecule has 0 spiro atoms. The van der Waals surface area contributed by atoms with Crippen molar-refractivity contribution in [2.24, 2.45) is 5.73 Å². The largest absolute Gasteiger partial charge is 0.483 e. The van der Waals surface area contributed by atoms with Crippen LogP contribution in [0.4, 0.5) is 0 Å². The second-order valence-electron chi connectivity index (χ2n) is 7.99. The maximum absolute atomic E-state index is 12.2. The predicted octanol–water partition coefficient (Wildman–Crippen LogP) is -1.43. The van der Waals surface area contributed by atoms with Crippen molar-refractivity contribution < 1.29 is 52.0 Å². The lowest BCUT2D eigenvalue weighted by molar-refractivity contribution is -0.191. The van der Waals surface area contributed by atoms with Gasteiger partial charge < -0.3 is 35.2 Å². The highest BCUT2D eigenvalue weighted by atomic mass is 31.3. The molecule has 2 fully saturated rings. The first-order chi connectivity index (χ1) is 15.7. The third kappa shape index (κ3) is 6.69. The van der Waals surface area contributed by atoms with Gasteiger partial charge in [-0.2, -0.15) is 4.31 Å². The number of aromatic amines is 1. The summed E-state index contributed by atoms with van der Waals surface area (Å²) in [6, 6.07) is -0.835. The van der Waals surface area contributed by atoms with Gasteiger partial charge in [0.15, 0.2) is 6.29 Å². The molecule has 0 aromatic carbocycles. The molecular formula is C16H27N3O13P2. The highest BCUT2D eigenvalue weighted by molar-refractivity contribution is 7.61. The molecule has 1 aromatic rings. The summed E-state index contributed by atoms with van der Waals surface area (Å²) in [6.45, 7) is 2.16. The third-order valence-corrected chi connectivity index (χ3v) is 7.90. The number of hydrogen-bond acceptors (Lipinski definition) is 12. The average molecular weight is 531 g/mol. The van der Waals surface area contributed by atoms with Crippen molar-refractivity contribution in [1.82, 2.24) is 9.55 Å². The number of phosphoric acid groups is 2. The van der Waals surface area contributed by atoms with E-state index < -0.39 is 76.5 Å². The van der Waals surface area contributed by atoms with Crippen LogP contribution in [0.1, 0.15) is 31.6 Å². The summed E-state index contributed by atoms with van der Waals surface area (Å²) in [5.41, 5.74) is 4.54. The van der Waals surface area contributed by atoms with Crippen molar-refractivity contribution in [2.45, 2.75) is 69.7 Å². The molecule has 2 saturated heterocycles. The van der Waals surface area contributed by atoms with Gasteiger partial charge in [-0.15, -0.1) is 0 Å². The van der Waals surface area contributed by atoms with Gasteiger partial charge in [0.1, 0.15) is 12.3 Å². The Labute approximate surface area is 192 Å². The molecule has 0 bridgehead atoms. The average Bonchev–Trinajstić information content (AvgIpc) is 3.06. The highest BCUT2D eigenvalue weighted by Gasteiger charge is 2.43. The second-order valence-corrected chi connectivity index (χ2v) is 11.0. The molecule has 16 nitrogen and oxygen atoms in total. The molecule has 34 heavy (non-hydrogen) atoms. The second kappa shape index (κ2) is 10.4. The number of hydrogen-bond donors (Lipinski definition) is 6. The van der Waals surface area contributed by atoms with Crippen LogP contribution in [0.15, 0.2) is 15.8 Å². The van der Waals surface area contributed by atoms with Crippen molar-refractivity contribution in [3.63, 3.8) is 0 Å². The van der Waals surface area contributed by atoms with Crippen molar-refractivity contribution in [1.29, 1.82) is 0 Å². The molecule has 3 rings (SSSR count). The van der Waals surface area contributed by atoms with Crippen LogP contribution in [0.3, 0.4) is 0 Å². The van der Waals surface area contributed by atoms with Gasteiger partial charge in [0.25, 0.3) is 5.56 Å². The van der Waals surface area contributed by atoms with Gasteiger partial charge in [-0.05, 0) is 13.8 Å². The molecule has 0 saturated carbocycles. The van der Waals surface area contributed by atoms with Crippen LogP contribution in [-0.4, -0.2) is 72.9 Å². The van der Waals surface area contributed by atoms with Crippen LogP contribution < -0.4 is 17.0 Å². The number of aliphatic hydroxyl groups is 2. The van der Waals surface area contributed by atoms with Crippen LogP contribution >= 0.6 is 15.6 Å². The number of rotatable bonds is 8. The summed E-state index contributed by atoms with van der Waals surface area (Å²) in [4.78, 5) is 45.2. The number of nitrogens with two attached hydrogens (primary N) is 1. The molecule has 18 heteroatoms. The van der Waals surface area contributed by atoms with Crippen LogP contribution in [0.25, 0.3) is 0 Å². The molecule has 2 aliphatic heterocycles. The van der Waals surface area contributed by atoms with E-state index in [2.05, 4.69) is 13.8 Å². The molecule has 3 unspecified atom stereocenters. The van der Waals surface area contributed by atoms with E-state index in [0.717, 1.165) is 4.57 Å². The van der Waals surface area contributed by atoms with Gasteiger partial charge in [0.05, 0.1) is 24.9 Å². The first kappa shape index (κ1) is 27.3. The van der Waals surface area contributed by atoms with E-state index in [0.29, 0.717) is 0 Å². The summed E-state index contributed by atoms with van der Waals surface area (Å²) >= 11 is 0. The first-order valence-electron chi connectivity index (χ1n) is 10.1. The number of H-pyrrole nitrogens is 1. The first-order valence-corrected chi connectivity index (χ1v) is 13.1. The Morgan fingerprint density at radius 3 is 2.53 bits per heavy atom. The van der Waals surface area contributed by atoms with Crippen LogP contribution in [-0.2, 0) is 32.0 Å². The van der Waals surface area contributed by atoms with E-state index >= 15 is 0 Å². The Morgan fingerprint density at radius 1 is 1.21 bits per heavy atom. The Hall–Kier alpha value is -1.26. The normalized spacial score (nSPS) is 35.6. The molecule has 194 valence electrons. The SMILES string of the molecule is Cc1cn([C@H]2C[C@H](O)[C@@H](COP(=O)(O)OP(=O)(O)O[C@@H]3CC(N)[C@@H](O)[C@@H](C)O3)O2)c(=O)[nH]c1=O. The van der Waals surface area contributed by atoms with Gasteiger partial charge in [-0.1, -0.05) is 0 Å². The lowest BCUT2D eigenvalue weighted by atomic mass is 10.0. The standard InChI is InChI=1S/C16H27N3O13P2/c1-7-5-19(16(23)18-15(7)22)12-4-10(20)11(30-12)6-28-33(24,25)32-34(26,27)31-13-3-9(17)14(21)8(2)29-13/h5,8-14,20-21H,3-4,6,17H2,1-2H3,(H,24,25)(H,26,27)(H,18,22,23)/t8-,9?,10+,11-,12-,13-,14+/m1/s1. The molecule has 3 heterocycles. The Morgan fingerprint density at radius 2 is 1.88 bits per heavy atom. The summed E-state index contributed by atoms with van der Waals surface area (Å²) in [7, 11) is -10.4. The Balaban J connectivity index is 1.56. The number of ether oxygens (including phenoxy) is 2. The number of aromatic nitrogens is 2. The number of aryl methyl sites for hydroxylation is 1. The van der Waals surface area contributed by atoms with Gasteiger partial charge in [-0.25, -0.2) is 13.9 Å². The van der Waals surface area contributed by atoms with Crippen molar-refractivity contribution in [3.05, 3.63) is 32.6 Å². The topological polar surface area (TPSA) is 242 Å². The maximum Gasteiger partial charge on any atom is 0.483 e. The van der Waals surface area contributed by atoms with Gasteiger partial charge >= 0.3 is 21.3 Å².